The van der Waals surface area contributed by atoms with Gasteiger partial charge in [-0.15, -0.1) is 22.7 Å². The van der Waals surface area contributed by atoms with Crippen LogP contribution in [-0.2, 0) is 4.57 Å². The van der Waals surface area contributed by atoms with Gasteiger partial charge in [0.1, 0.15) is 11.4 Å². The van der Waals surface area contributed by atoms with Crippen molar-refractivity contribution >= 4 is 53.4 Å². The Morgan fingerprint density at radius 3 is 1.78 bits per heavy atom. The molecule has 0 aliphatic rings. The Kier molecular flexibility index (Phi) is 7.20. The summed E-state index contributed by atoms with van der Waals surface area (Å²) in [5.74, 6) is 0. The molecule has 182 valence electrons. The highest BCUT2D eigenvalue weighted by Crippen LogP contribution is 2.46. The zero-order valence-electron chi connectivity index (χ0n) is 19.4. The molecule has 5 rings (SSSR count). The predicted octanol–water partition coefficient (Wildman–Crippen LogP) is 8.66. The van der Waals surface area contributed by atoms with Crippen LogP contribution in [0.2, 0.25) is 0 Å². The Labute approximate surface area is 223 Å². The van der Waals surface area contributed by atoms with E-state index in [2.05, 4.69) is 59.5 Å². The lowest BCUT2D eigenvalue weighted by Crippen LogP contribution is -2.09. The SMILES string of the molecule is N#C/C(=C\c1ccc(-c2ccc(-c3ccc(N(c4ccccc4)c4ccccc4)cc3)s2)s1)P(=O)(O)O. The first-order valence-electron chi connectivity index (χ1n) is 11.3. The van der Waals surface area contributed by atoms with E-state index in [4.69, 9.17) is 5.26 Å². The number of para-hydroxylation sites is 2. The van der Waals surface area contributed by atoms with Gasteiger partial charge in [-0.1, -0.05) is 48.5 Å². The van der Waals surface area contributed by atoms with Gasteiger partial charge < -0.3 is 14.7 Å². The fourth-order valence-corrected chi connectivity index (χ4v) is 6.46. The van der Waals surface area contributed by atoms with E-state index < -0.39 is 12.9 Å². The lowest BCUT2D eigenvalue weighted by molar-refractivity contribution is 0.384. The lowest BCUT2D eigenvalue weighted by Gasteiger charge is -2.25. The maximum Gasteiger partial charge on any atom is 0.366 e. The van der Waals surface area contributed by atoms with Crippen LogP contribution in [0.15, 0.2) is 115 Å². The number of anilines is 3. The van der Waals surface area contributed by atoms with E-state index in [1.165, 1.54) is 17.4 Å². The van der Waals surface area contributed by atoms with Gasteiger partial charge in [-0.05, 0) is 72.3 Å². The van der Waals surface area contributed by atoms with E-state index in [0.717, 1.165) is 37.3 Å². The molecule has 2 heterocycles. The van der Waals surface area contributed by atoms with Gasteiger partial charge in [0.15, 0.2) is 0 Å². The third kappa shape index (κ3) is 5.65. The molecule has 8 heteroatoms. The van der Waals surface area contributed by atoms with Crippen molar-refractivity contribution in [3.63, 3.8) is 0 Å². The molecule has 0 atom stereocenters. The fourth-order valence-electron chi connectivity index (χ4n) is 3.88. The number of hydrogen-bond acceptors (Lipinski definition) is 5. The largest absolute Gasteiger partial charge is 0.366 e. The molecular formula is C29H21N2O3PS2. The smallest absolute Gasteiger partial charge is 0.321 e. The van der Waals surface area contributed by atoms with Crippen molar-refractivity contribution in [3.05, 3.63) is 119 Å². The number of nitrogens with zero attached hydrogens (tertiary/aromatic N) is 2. The van der Waals surface area contributed by atoms with Crippen molar-refractivity contribution < 1.29 is 14.4 Å². The first-order chi connectivity index (χ1) is 17.9. The highest BCUT2D eigenvalue weighted by atomic mass is 32.1. The Bertz CT molecular complexity index is 1590. The second-order valence-corrected chi connectivity index (χ2v) is 11.9. The highest BCUT2D eigenvalue weighted by Gasteiger charge is 2.21. The van der Waals surface area contributed by atoms with Crippen molar-refractivity contribution in [2.45, 2.75) is 0 Å². The quantitative estimate of drug-likeness (QED) is 0.159. The third-order valence-corrected chi connectivity index (χ3v) is 8.84. The summed E-state index contributed by atoms with van der Waals surface area (Å²) in [5, 5.41) is 8.52. The van der Waals surface area contributed by atoms with Crippen LogP contribution in [0.5, 0.6) is 0 Å². The van der Waals surface area contributed by atoms with Crippen LogP contribution in [0.25, 0.3) is 26.3 Å². The number of allylic oxidation sites excluding steroid dienone is 1. The lowest BCUT2D eigenvalue weighted by atomic mass is 10.1. The fraction of sp³-hybridized carbons (Fsp3) is 0. The first kappa shape index (κ1) is 24.9. The summed E-state index contributed by atoms with van der Waals surface area (Å²) in [6, 6.07) is 38.4. The number of nitriles is 1. The Morgan fingerprint density at radius 2 is 1.22 bits per heavy atom. The Balaban J connectivity index is 1.41. The van der Waals surface area contributed by atoms with Gasteiger partial charge in [0.05, 0.1) is 0 Å². The summed E-state index contributed by atoms with van der Waals surface area (Å²) in [6.07, 6.45) is 1.26. The van der Waals surface area contributed by atoms with Gasteiger partial charge in [-0.2, -0.15) is 5.26 Å². The van der Waals surface area contributed by atoms with Crippen LogP contribution in [0.3, 0.4) is 0 Å². The number of thiophene rings is 2. The topological polar surface area (TPSA) is 84.6 Å². The monoisotopic (exact) mass is 540 g/mol. The van der Waals surface area contributed by atoms with E-state index >= 15 is 0 Å². The molecule has 3 aromatic carbocycles. The molecule has 0 saturated carbocycles. The molecule has 2 N–H and O–H groups in total. The number of benzene rings is 3. The van der Waals surface area contributed by atoms with Crippen LogP contribution < -0.4 is 4.90 Å². The molecule has 0 radical (unpaired) electrons. The van der Waals surface area contributed by atoms with Gasteiger partial charge in [0.25, 0.3) is 0 Å². The Morgan fingerprint density at radius 1 is 0.703 bits per heavy atom. The summed E-state index contributed by atoms with van der Waals surface area (Å²) in [6.45, 7) is 0. The molecule has 0 aliphatic carbocycles. The summed E-state index contributed by atoms with van der Waals surface area (Å²) >= 11 is 3.04. The second kappa shape index (κ2) is 10.7. The minimum absolute atomic E-state index is 0.534. The normalized spacial score (nSPS) is 11.8. The highest BCUT2D eigenvalue weighted by molar-refractivity contribution is 7.57. The summed E-state index contributed by atoms with van der Waals surface area (Å²) in [7, 11) is -4.59. The molecule has 0 saturated heterocycles. The predicted molar refractivity (Wildman–Crippen MR) is 153 cm³/mol. The molecular weight excluding hydrogens is 519 g/mol. The number of hydrogen-bond donors (Lipinski definition) is 2. The van der Waals surface area contributed by atoms with Crippen LogP contribution >= 0.6 is 30.3 Å². The van der Waals surface area contributed by atoms with Gasteiger partial charge in [0.2, 0.25) is 0 Å². The van der Waals surface area contributed by atoms with Crippen molar-refractivity contribution in [2.75, 3.05) is 4.90 Å². The molecule has 37 heavy (non-hydrogen) atoms. The standard InChI is InChI=1S/C29H21N2O3PS2/c30-20-25(35(32,33)34)19-26-15-16-28(36-26)29-18-17-27(37-29)21-11-13-24(14-12-21)31(22-7-3-1-4-8-22)23-9-5-2-6-10-23/h1-19H,(H2,32,33,34)/b25-19+. The van der Waals surface area contributed by atoms with E-state index in [1.54, 1.807) is 23.5 Å². The van der Waals surface area contributed by atoms with E-state index in [9.17, 15) is 14.4 Å². The zero-order valence-corrected chi connectivity index (χ0v) is 22.0. The zero-order chi connectivity index (χ0) is 25.8. The third-order valence-electron chi connectivity index (χ3n) is 5.62. The maximum atomic E-state index is 11.4. The van der Waals surface area contributed by atoms with Crippen LogP contribution in [0, 0.1) is 11.3 Å². The molecule has 0 fully saturated rings. The van der Waals surface area contributed by atoms with Crippen LogP contribution in [-0.4, -0.2) is 9.79 Å². The molecule has 5 nitrogen and oxygen atoms in total. The molecule has 0 aliphatic heterocycles. The maximum absolute atomic E-state index is 11.4. The van der Waals surface area contributed by atoms with Gasteiger partial charge >= 0.3 is 7.60 Å². The van der Waals surface area contributed by atoms with Gasteiger partial charge in [-0.25, -0.2) is 0 Å². The van der Waals surface area contributed by atoms with Crippen molar-refractivity contribution in [1.29, 1.82) is 5.26 Å². The van der Waals surface area contributed by atoms with E-state index in [1.807, 2.05) is 48.5 Å². The minimum atomic E-state index is -4.59. The Hall–Kier alpha value is -3.76. The number of rotatable bonds is 7. The van der Waals surface area contributed by atoms with Crippen molar-refractivity contribution in [3.8, 4) is 26.3 Å². The van der Waals surface area contributed by atoms with E-state index in [0.29, 0.717) is 4.88 Å². The summed E-state index contributed by atoms with van der Waals surface area (Å²) in [5.41, 5.74) is 4.33. The first-order valence-corrected chi connectivity index (χ1v) is 14.6. The average Bonchev–Trinajstić information content (AvgIpc) is 3.59. The molecule has 0 unspecified atom stereocenters. The van der Waals surface area contributed by atoms with Gasteiger partial charge in [0, 0.05) is 36.6 Å². The summed E-state index contributed by atoms with van der Waals surface area (Å²) < 4.78 is 11.4. The molecule has 5 aromatic rings. The van der Waals surface area contributed by atoms with Crippen molar-refractivity contribution in [1.82, 2.24) is 0 Å². The molecule has 0 spiro atoms. The van der Waals surface area contributed by atoms with Gasteiger partial charge in [-0.3, -0.25) is 4.57 Å². The van der Waals surface area contributed by atoms with Crippen molar-refractivity contribution in [2.24, 2.45) is 0 Å². The average molecular weight is 541 g/mol. The second-order valence-electron chi connectivity index (χ2n) is 8.10. The summed E-state index contributed by atoms with van der Waals surface area (Å²) in [4.78, 5) is 24.6. The molecule has 2 aromatic heterocycles. The van der Waals surface area contributed by atoms with Crippen LogP contribution in [0.4, 0.5) is 17.1 Å². The minimum Gasteiger partial charge on any atom is -0.321 e. The molecule has 0 bridgehead atoms. The molecule has 0 amide bonds. The van der Waals surface area contributed by atoms with E-state index in [-0.39, 0.29) is 0 Å². The van der Waals surface area contributed by atoms with Crippen LogP contribution in [0.1, 0.15) is 4.88 Å².